The molecule has 1 fully saturated rings. The maximum absolute atomic E-state index is 5.37. The molecule has 2 aliphatic rings. The molecular weight excluding hydrogens is 326 g/mol. The van der Waals surface area contributed by atoms with E-state index < -0.39 is 0 Å². The fourth-order valence-corrected chi connectivity index (χ4v) is 4.22. The first-order valence-corrected chi connectivity index (χ1v) is 9.79. The molecule has 6 heteroatoms. The van der Waals surface area contributed by atoms with E-state index in [2.05, 4.69) is 50.1 Å². The number of fused-ring (bicyclic) bond motifs is 1. The molecule has 0 atom stereocenters. The number of likely N-dealkylation sites (tertiary alicyclic amines) is 1. The molecule has 0 amide bonds. The Balaban J connectivity index is 1.39. The number of methoxy groups -OCH3 is 1. The zero-order chi connectivity index (χ0) is 17.9. The lowest BCUT2D eigenvalue weighted by molar-refractivity contribution is 0.199. The first-order valence-electron chi connectivity index (χ1n) is 9.79. The molecule has 0 bridgehead atoms. The van der Waals surface area contributed by atoms with Crippen LogP contribution in [0.5, 0.6) is 5.75 Å². The van der Waals surface area contributed by atoms with Gasteiger partial charge in [-0.15, -0.1) is 10.2 Å². The third kappa shape index (κ3) is 3.48. The van der Waals surface area contributed by atoms with Gasteiger partial charge in [-0.25, -0.2) is 0 Å². The van der Waals surface area contributed by atoms with Crippen molar-refractivity contribution in [2.45, 2.75) is 51.7 Å². The summed E-state index contributed by atoms with van der Waals surface area (Å²) in [6, 6.07) is 6.49. The quantitative estimate of drug-likeness (QED) is 0.892. The molecule has 0 unspecified atom stereocenters. The zero-order valence-electron chi connectivity index (χ0n) is 15.9. The van der Waals surface area contributed by atoms with Gasteiger partial charge in [0.25, 0.3) is 0 Å². The minimum Gasteiger partial charge on any atom is -0.497 e. The van der Waals surface area contributed by atoms with Crippen LogP contribution in [-0.4, -0.2) is 46.4 Å². The molecule has 140 valence electrons. The fourth-order valence-electron chi connectivity index (χ4n) is 4.22. The smallest absolute Gasteiger partial charge is 0.147 e. The van der Waals surface area contributed by atoms with Gasteiger partial charge in [-0.2, -0.15) is 0 Å². The highest BCUT2D eigenvalue weighted by molar-refractivity contribution is 5.35. The molecule has 1 N–H and O–H groups in total. The number of ether oxygens (including phenoxy) is 1. The van der Waals surface area contributed by atoms with Crippen molar-refractivity contribution in [2.24, 2.45) is 0 Å². The minimum absolute atomic E-state index is 0.548. The average molecular weight is 355 g/mol. The van der Waals surface area contributed by atoms with Crippen molar-refractivity contribution < 1.29 is 4.74 Å². The molecule has 4 rings (SSSR count). The Morgan fingerprint density at radius 2 is 2.00 bits per heavy atom. The van der Waals surface area contributed by atoms with Crippen molar-refractivity contribution in [1.82, 2.24) is 25.0 Å². The third-order valence-corrected chi connectivity index (χ3v) is 5.79. The third-order valence-electron chi connectivity index (χ3n) is 5.79. The van der Waals surface area contributed by atoms with E-state index in [1.165, 1.54) is 29.8 Å². The predicted octanol–water partition coefficient (Wildman–Crippen LogP) is 2.33. The Kier molecular flexibility index (Phi) is 5.22. The van der Waals surface area contributed by atoms with E-state index in [9.17, 15) is 0 Å². The van der Waals surface area contributed by atoms with Gasteiger partial charge in [0.2, 0.25) is 0 Å². The van der Waals surface area contributed by atoms with Gasteiger partial charge in [-0.05, 0) is 55.6 Å². The summed E-state index contributed by atoms with van der Waals surface area (Å²) >= 11 is 0. The van der Waals surface area contributed by atoms with Gasteiger partial charge >= 0.3 is 0 Å². The van der Waals surface area contributed by atoms with Crippen LogP contribution < -0.4 is 10.1 Å². The molecule has 2 aromatic rings. The highest BCUT2D eigenvalue weighted by Crippen LogP contribution is 2.29. The van der Waals surface area contributed by atoms with Gasteiger partial charge in [0.15, 0.2) is 0 Å². The van der Waals surface area contributed by atoms with Crippen LogP contribution >= 0.6 is 0 Å². The first-order chi connectivity index (χ1) is 12.8. The molecule has 0 radical (unpaired) electrons. The van der Waals surface area contributed by atoms with Gasteiger partial charge in [-0.1, -0.05) is 13.0 Å². The lowest BCUT2D eigenvalue weighted by Gasteiger charge is -2.32. The van der Waals surface area contributed by atoms with E-state index in [1.807, 2.05) is 0 Å². The fraction of sp³-hybridized carbons (Fsp3) is 0.600. The summed E-state index contributed by atoms with van der Waals surface area (Å²) in [5, 5.41) is 12.3. The zero-order valence-corrected chi connectivity index (χ0v) is 15.9. The molecule has 6 nitrogen and oxygen atoms in total. The summed E-state index contributed by atoms with van der Waals surface area (Å²) in [6.07, 6.45) is 3.38. The molecular formula is C20H29N5O. The van der Waals surface area contributed by atoms with E-state index >= 15 is 0 Å². The number of rotatable bonds is 5. The van der Waals surface area contributed by atoms with E-state index in [0.29, 0.717) is 5.92 Å². The lowest BCUT2D eigenvalue weighted by Crippen LogP contribution is -2.35. The Morgan fingerprint density at radius 3 is 2.77 bits per heavy atom. The number of aromatic nitrogens is 3. The maximum Gasteiger partial charge on any atom is 0.147 e. The lowest BCUT2D eigenvalue weighted by atomic mass is 9.95. The molecule has 26 heavy (non-hydrogen) atoms. The van der Waals surface area contributed by atoms with Crippen LogP contribution in [0.2, 0.25) is 0 Å². The number of benzene rings is 1. The van der Waals surface area contributed by atoms with E-state index in [-0.39, 0.29) is 0 Å². The van der Waals surface area contributed by atoms with Crippen molar-refractivity contribution in [1.29, 1.82) is 0 Å². The highest BCUT2D eigenvalue weighted by Gasteiger charge is 2.27. The van der Waals surface area contributed by atoms with Crippen LogP contribution in [0.4, 0.5) is 0 Å². The van der Waals surface area contributed by atoms with Gasteiger partial charge in [0, 0.05) is 25.6 Å². The Hall–Kier alpha value is -1.92. The summed E-state index contributed by atoms with van der Waals surface area (Å²) < 4.78 is 7.71. The Morgan fingerprint density at radius 1 is 1.15 bits per heavy atom. The van der Waals surface area contributed by atoms with Crippen molar-refractivity contribution in [3.8, 4) is 5.75 Å². The molecule has 2 aliphatic heterocycles. The molecule has 1 aromatic carbocycles. The largest absolute Gasteiger partial charge is 0.497 e. The number of nitrogens with zero attached hydrogens (tertiary/aromatic N) is 4. The second-order valence-electron chi connectivity index (χ2n) is 7.34. The predicted molar refractivity (Wildman–Crippen MR) is 101 cm³/mol. The highest BCUT2D eigenvalue weighted by atomic mass is 16.5. The summed E-state index contributed by atoms with van der Waals surface area (Å²) in [5.74, 6) is 3.81. The second-order valence-corrected chi connectivity index (χ2v) is 7.34. The Labute approximate surface area is 155 Å². The normalized spacial score (nSPS) is 18.7. The van der Waals surface area contributed by atoms with Crippen LogP contribution in [-0.2, 0) is 26.1 Å². The van der Waals surface area contributed by atoms with Gasteiger partial charge < -0.3 is 14.6 Å². The summed E-state index contributed by atoms with van der Waals surface area (Å²) in [5.41, 5.74) is 2.82. The second kappa shape index (κ2) is 7.76. The SMILES string of the molecule is CCc1cc(OC)ccc1CN1CCC(c2nnc3n2CCNC3)CC1. The van der Waals surface area contributed by atoms with E-state index in [0.717, 1.165) is 57.3 Å². The molecule has 1 saturated heterocycles. The maximum atomic E-state index is 5.37. The number of hydrogen-bond donors (Lipinski definition) is 1. The van der Waals surface area contributed by atoms with Crippen LogP contribution in [0.15, 0.2) is 18.2 Å². The first kappa shape index (κ1) is 17.5. The van der Waals surface area contributed by atoms with Crippen LogP contribution in [0, 0.1) is 0 Å². The van der Waals surface area contributed by atoms with Crippen LogP contribution in [0.25, 0.3) is 0 Å². The number of nitrogens with one attached hydrogen (secondary N) is 1. The van der Waals surface area contributed by atoms with E-state index in [1.54, 1.807) is 7.11 Å². The molecule has 3 heterocycles. The molecule has 1 aromatic heterocycles. The monoisotopic (exact) mass is 355 g/mol. The van der Waals surface area contributed by atoms with Crippen molar-refractivity contribution in [3.05, 3.63) is 41.0 Å². The van der Waals surface area contributed by atoms with E-state index in [4.69, 9.17) is 4.74 Å². The molecule has 0 saturated carbocycles. The number of hydrogen-bond acceptors (Lipinski definition) is 5. The molecule has 0 spiro atoms. The van der Waals surface area contributed by atoms with Crippen LogP contribution in [0.1, 0.15) is 48.5 Å². The van der Waals surface area contributed by atoms with Crippen molar-refractivity contribution in [3.63, 3.8) is 0 Å². The minimum atomic E-state index is 0.548. The van der Waals surface area contributed by atoms with Crippen LogP contribution in [0.3, 0.4) is 0 Å². The van der Waals surface area contributed by atoms with Crippen molar-refractivity contribution in [2.75, 3.05) is 26.7 Å². The topological polar surface area (TPSA) is 55.2 Å². The Bertz CT molecular complexity index is 749. The van der Waals surface area contributed by atoms with Crippen molar-refractivity contribution >= 4 is 0 Å². The van der Waals surface area contributed by atoms with Gasteiger partial charge in [0.1, 0.15) is 17.4 Å². The molecule has 0 aliphatic carbocycles. The average Bonchev–Trinajstić information content (AvgIpc) is 3.13. The van der Waals surface area contributed by atoms with Gasteiger partial charge in [-0.3, -0.25) is 4.90 Å². The summed E-state index contributed by atoms with van der Waals surface area (Å²) in [4.78, 5) is 2.58. The standard InChI is InChI=1S/C20H29N5O/c1-3-15-12-18(26-2)5-4-17(15)14-24-9-6-16(7-10-24)20-23-22-19-13-21-8-11-25(19)20/h4-5,12,16,21H,3,6-11,13-14H2,1-2H3. The number of piperidine rings is 1. The number of aryl methyl sites for hydroxylation is 1. The van der Waals surface area contributed by atoms with Gasteiger partial charge in [0.05, 0.1) is 13.7 Å². The summed E-state index contributed by atoms with van der Waals surface area (Å²) in [6.45, 7) is 8.37. The summed E-state index contributed by atoms with van der Waals surface area (Å²) in [7, 11) is 1.73.